The first-order valence-corrected chi connectivity index (χ1v) is 28.8. The maximum Gasteiger partial charge on any atom is 0.306 e. The Hall–Kier alpha value is -2.39. The lowest BCUT2D eigenvalue weighted by Gasteiger charge is -2.40. The molecule has 1 aliphatic rings. The van der Waals surface area contributed by atoms with Gasteiger partial charge in [-0.1, -0.05) is 210 Å². The van der Waals surface area contributed by atoms with Gasteiger partial charge in [0.1, 0.15) is 36.8 Å². The second-order valence-corrected chi connectivity index (χ2v) is 20.4. The minimum Gasteiger partial charge on any atom is -0.462 e. The molecule has 12 nitrogen and oxygen atoms in total. The smallest absolute Gasteiger partial charge is 0.306 e. The fourth-order valence-corrected chi connectivity index (χ4v) is 8.88. The lowest BCUT2D eigenvalue weighted by molar-refractivity contribution is -0.297. The molecule has 0 bridgehead atoms. The zero-order valence-corrected chi connectivity index (χ0v) is 43.5. The number of carbonyl (C=O) groups excluding carboxylic acids is 2. The Kier molecular flexibility index (Phi) is 41.7. The number of aliphatic hydroxyl groups excluding tert-OH is 3. The molecule has 6 atom stereocenters. The lowest BCUT2D eigenvalue weighted by atomic mass is 10.00. The number of aliphatic hydroxyl groups is 3. The molecular weight excluding hydrogens is 885 g/mol. The number of unbranched alkanes of at least 4 members (excludes halogenated alkanes) is 26. The topological polar surface area (TPSA) is 186 Å². The third kappa shape index (κ3) is 38.4. The zero-order chi connectivity index (χ0) is 49.8. The zero-order valence-electron chi connectivity index (χ0n) is 42.7. The van der Waals surface area contributed by atoms with Gasteiger partial charge in [-0.15, -0.1) is 0 Å². The van der Waals surface area contributed by atoms with Crippen molar-refractivity contribution in [3.63, 3.8) is 0 Å². The van der Waals surface area contributed by atoms with Crippen molar-refractivity contribution in [2.24, 2.45) is 0 Å². The maximum absolute atomic E-state index is 12.9. The minimum absolute atomic E-state index is 0.160. The molecule has 4 N–H and O–H groups in total. The molecule has 0 aromatic heterocycles. The molecule has 0 radical (unpaired) electrons. The van der Waals surface area contributed by atoms with Crippen LogP contribution < -0.4 is 0 Å². The minimum atomic E-state index is -4.61. The molecule has 68 heavy (non-hydrogen) atoms. The van der Waals surface area contributed by atoms with Crippen molar-refractivity contribution in [1.29, 1.82) is 0 Å². The van der Waals surface area contributed by atoms with Crippen LogP contribution in [0.5, 0.6) is 0 Å². The molecule has 0 spiro atoms. The SMILES string of the molecule is CCCCC/C=C/C/C=C/C/C=C/C/C=C/CCCCCC(=O)OC[C@H](CO[C@H]1O[C@H](CS(=O)(=O)O)[C@@H](O)C(O)C1O)OC(=O)CCCCCCCCCCCCCCCCCCCCCCC. The van der Waals surface area contributed by atoms with Crippen molar-refractivity contribution in [2.45, 2.75) is 269 Å². The Morgan fingerprint density at radius 1 is 0.500 bits per heavy atom. The van der Waals surface area contributed by atoms with Crippen LogP contribution in [-0.4, -0.2) is 96.0 Å². The molecule has 0 amide bonds. The highest BCUT2D eigenvalue weighted by Crippen LogP contribution is 2.24. The van der Waals surface area contributed by atoms with Crippen molar-refractivity contribution >= 4 is 22.1 Å². The van der Waals surface area contributed by atoms with Crippen LogP contribution in [0, 0.1) is 0 Å². The van der Waals surface area contributed by atoms with E-state index in [9.17, 15) is 37.9 Å². The summed E-state index contributed by atoms with van der Waals surface area (Å²) < 4.78 is 54.3. The van der Waals surface area contributed by atoms with Gasteiger partial charge in [0.25, 0.3) is 10.1 Å². The Bertz CT molecular complexity index is 1430. The lowest BCUT2D eigenvalue weighted by Crippen LogP contribution is -2.60. The monoisotopic (exact) mass is 983 g/mol. The normalized spacial score (nSPS) is 19.5. The van der Waals surface area contributed by atoms with Gasteiger partial charge in [-0.2, -0.15) is 8.42 Å². The number of carbonyl (C=O) groups is 2. The summed E-state index contributed by atoms with van der Waals surface area (Å²) in [5, 5.41) is 31.0. The predicted molar refractivity (Wildman–Crippen MR) is 275 cm³/mol. The molecule has 1 rings (SSSR count). The first-order chi connectivity index (χ1) is 33.0. The van der Waals surface area contributed by atoms with Crippen molar-refractivity contribution in [2.75, 3.05) is 19.0 Å². The van der Waals surface area contributed by atoms with E-state index in [0.29, 0.717) is 12.8 Å². The fourth-order valence-electron chi connectivity index (χ4n) is 8.19. The van der Waals surface area contributed by atoms with Crippen LogP contribution in [0.2, 0.25) is 0 Å². The molecule has 1 aliphatic heterocycles. The molecule has 0 saturated carbocycles. The summed E-state index contributed by atoms with van der Waals surface area (Å²) in [4.78, 5) is 25.6. The Labute approximate surface area is 413 Å². The summed E-state index contributed by atoms with van der Waals surface area (Å²) in [7, 11) is -4.61. The highest BCUT2D eigenvalue weighted by atomic mass is 32.2. The van der Waals surface area contributed by atoms with E-state index in [4.69, 9.17) is 18.9 Å². The quantitative estimate of drug-likeness (QED) is 0.0196. The number of allylic oxidation sites excluding steroid dienone is 8. The van der Waals surface area contributed by atoms with Crippen molar-refractivity contribution in [3.05, 3.63) is 48.6 Å². The van der Waals surface area contributed by atoms with Crippen molar-refractivity contribution < 1.29 is 56.8 Å². The third-order valence-corrected chi connectivity index (χ3v) is 13.2. The number of rotatable bonds is 46. The average molecular weight is 983 g/mol. The Morgan fingerprint density at radius 3 is 1.34 bits per heavy atom. The van der Waals surface area contributed by atoms with Gasteiger partial charge < -0.3 is 34.3 Å². The number of esters is 2. The number of hydrogen-bond donors (Lipinski definition) is 4. The first kappa shape index (κ1) is 63.6. The van der Waals surface area contributed by atoms with Gasteiger partial charge in [0.15, 0.2) is 12.4 Å². The third-order valence-electron chi connectivity index (χ3n) is 12.4. The van der Waals surface area contributed by atoms with Gasteiger partial charge in [-0.05, 0) is 57.8 Å². The van der Waals surface area contributed by atoms with E-state index in [1.165, 1.54) is 135 Å². The summed E-state index contributed by atoms with van der Waals surface area (Å²) in [5.74, 6) is -2.01. The summed E-state index contributed by atoms with van der Waals surface area (Å²) in [5.41, 5.74) is 0. The van der Waals surface area contributed by atoms with E-state index in [-0.39, 0.29) is 19.4 Å². The fraction of sp³-hybridized carbons (Fsp3) is 0.818. The number of ether oxygens (including phenoxy) is 4. The van der Waals surface area contributed by atoms with Crippen LogP contribution in [0.3, 0.4) is 0 Å². The highest BCUT2D eigenvalue weighted by molar-refractivity contribution is 7.85. The largest absolute Gasteiger partial charge is 0.462 e. The van der Waals surface area contributed by atoms with Crippen LogP contribution in [0.15, 0.2) is 48.6 Å². The van der Waals surface area contributed by atoms with E-state index < -0.39 is 71.2 Å². The standard InChI is InChI=1S/C55H98O12S/c1-3-5-7-9-11-13-15-17-19-21-23-24-26-28-30-32-34-36-38-40-42-44-51(57)66-48(46-65-55-54(60)53(59)52(58)49(67-55)47-68(61,62)63)45-64-50(56)43-41-39-37-35-33-31-29-27-25-22-20-18-16-14-12-10-8-6-4-2/h12,14,18,20,25,27,31,33,48-49,52-55,58-60H,3-11,13,15-17,19,21-24,26,28-30,32,34-47H2,1-2H3,(H,61,62,63)/b14-12+,20-18+,27-25+,33-31+/t48-,49-,52-,53?,54?,55+/m1/s1. The molecule has 2 unspecified atom stereocenters. The second kappa shape index (κ2) is 44.5. The molecule has 0 aromatic carbocycles. The Balaban J connectivity index is 2.37. The highest BCUT2D eigenvalue weighted by Gasteiger charge is 2.46. The molecule has 0 aromatic rings. The van der Waals surface area contributed by atoms with Gasteiger partial charge in [0, 0.05) is 12.8 Å². The second-order valence-electron chi connectivity index (χ2n) is 18.9. The van der Waals surface area contributed by atoms with E-state index in [1.807, 2.05) is 0 Å². The van der Waals surface area contributed by atoms with Crippen LogP contribution in [0.25, 0.3) is 0 Å². The van der Waals surface area contributed by atoms with Gasteiger partial charge in [-0.3, -0.25) is 14.1 Å². The summed E-state index contributed by atoms with van der Waals surface area (Å²) in [6.07, 6.45) is 45.8. The van der Waals surface area contributed by atoms with E-state index in [2.05, 4.69) is 62.5 Å². The number of hydrogen-bond acceptors (Lipinski definition) is 11. The van der Waals surface area contributed by atoms with Crippen LogP contribution in [0.1, 0.15) is 232 Å². The van der Waals surface area contributed by atoms with Gasteiger partial charge in [0.05, 0.1) is 6.61 Å². The summed E-state index contributed by atoms with van der Waals surface area (Å²) >= 11 is 0. The molecule has 13 heteroatoms. The predicted octanol–water partition coefficient (Wildman–Crippen LogP) is 12.7. The summed E-state index contributed by atoms with van der Waals surface area (Å²) in [6.45, 7) is 3.74. The van der Waals surface area contributed by atoms with Crippen LogP contribution in [-0.2, 0) is 38.7 Å². The van der Waals surface area contributed by atoms with Crippen LogP contribution in [0.4, 0.5) is 0 Å². The maximum atomic E-state index is 12.9. The van der Waals surface area contributed by atoms with E-state index in [1.54, 1.807) is 0 Å². The molecule has 0 aliphatic carbocycles. The van der Waals surface area contributed by atoms with Gasteiger partial charge in [-0.25, -0.2) is 0 Å². The molecule has 1 heterocycles. The van der Waals surface area contributed by atoms with Gasteiger partial charge >= 0.3 is 11.9 Å². The van der Waals surface area contributed by atoms with Crippen molar-refractivity contribution in [1.82, 2.24) is 0 Å². The molecular formula is C55H98O12S. The van der Waals surface area contributed by atoms with E-state index >= 15 is 0 Å². The van der Waals surface area contributed by atoms with E-state index in [0.717, 1.165) is 57.8 Å². The van der Waals surface area contributed by atoms with Gasteiger partial charge in [0.2, 0.25) is 0 Å². The first-order valence-electron chi connectivity index (χ1n) is 27.2. The van der Waals surface area contributed by atoms with Crippen molar-refractivity contribution in [3.8, 4) is 0 Å². The summed E-state index contributed by atoms with van der Waals surface area (Å²) in [6, 6.07) is 0. The Morgan fingerprint density at radius 2 is 0.882 bits per heavy atom. The van der Waals surface area contributed by atoms with Crippen LogP contribution >= 0.6 is 0 Å². The average Bonchev–Trinajstić information content (AvgIpc) is 3.31. The molecule has 396 valence electrons. The molecule has 1 saturated heterocycles. The molecule has 1 fully saturated rings.